The minimum Gasteiger partial charge on any atom is -0.493 e. The molecule has 0 aliphatic carbocycles. The molecule has 0 radical (unpaired) electrons. The van der Waals surface area contributed by atoms with Crippen LogP contribution in [0.15, 0.2) is 18.2 Å². The van der Waals surface area contributed by atoms with Crippen molar-refractivity contribution in [2.24, 2.45) is 0 Å². The predicted molar refractivity (Wildman–Crippen MR) is 71.3 cm³/mol. The molecule has 1 amide bonds. The molecule has 1 fully saturated rings. The zero-order valence-corrected chi connectivity index (χ0v) is 11.3. The molecule has 6 heteroatoms. The number of hydrogen-bond donors (Lipinski definition) is 0. The highest BCUT2D eigenvalue weighted by atomic mass is 16.5. The third-order valence-corrected chi connectivity index (χ3v) is 3.04. The lowest BCUT2D eigenvalue weighted by molar-refractivity contribution is -0.137. The molecule has 0 bridgehead atoms. The van der Waals surface area contributed by atoms with Gasteiger partial charge in [0, 0.05) is 18.7 Å². The third-order valence-electron chi connectivity index (χ3n) is 3.04. The molecule has 2 rings (SSSR count). The van der Waals surface area contributed by atoms with Gasteiger partial charge in [0.1, 0.15) is 6.29 Å². The van der Waals surface area contributed by atoms with E-state index in [1.54, 1.807) is 23.1 Å². The van der Waals surface area contributed by atoms with Gasteiger partial charge < -0.3 is 19.1 Å². The summed E-state index contributed by atoms with van der Waals surface area (Å²) in [5.74, 6) is 0.774. The fourth-order valence-electron chi connectivity index (χ4n) is 1.92. The topological polar surface area (TPSA) is 65.1 Å². The van der Waals surface area contributed by atoms with Gasteiger partial charge in [-0.15, -0.1) is 0 Å². The first-order chi connectivity index (χ1) is 9.74. The molecule has 0 saturated carbocycles. The van der Waals surface area contributed by atoms with Gasteiger partial charge in [-0.25, -0.2) is 0 Å². The summed E-state index contributed by atoms with van der Waals surface area (Å²) in [7, 11) is 1.51. The average molecular weight is 279 g/mol. The summed E-state index contributed by atoms with van der Waals surface area (Å²) >= 11 is 0. The van der Waals surface area contributed by atoms with Crippen molar-refractivity contribution in [3.05, 3.63) is 23.8 Å². The fourth-order valence-corrected chi connectivity index (χ4v) is 1.92. The van der Waals surface area contributed by atoms with E-state index in [0.717, 1.165) is 6.29 Å². The van der Waals surface area contributed by atoms with E-state index in [-0.39, 0.29) is 12.5 Å². The monoisotopic (exact) mass is 279 g/mol. The van der Waals surface area contributed by atoms with E-state index in [1.165, 1.54) is 7.11 Å². The van der Waals surface area contributed by atoms with Crippen molar-refractivity contribution in [2.75, 3.05) is 40.0 Å². The summed E-state index contributed by atoms with van der Waals surface area (Å²) in [6, 6.07) is 4.82. The van der Waals surface area contributed by atoms with Gasteiger partial charge in [0.15, 0.2) is 18.1 Å². The molecule has 0 unspecified atom stereocenters. The maximum Gasteiger partial charge on any atom is 0.260 e. The lowest BCUT2D eigenvalue weighted by Gasteiger charge is -2.26. The van der Waals surface area contributed by atoms with E-state index in [0.29, 0.717) is 43.4 Å². The van der Waals surface area contributed by atoms with Gasteiger partial charge in [0.25, 0.3) is 5.91 Å². The molecule has 1 aromatic carbocycles. The molecule has 20 heavy (non-hydrogen) atoms. The van der Waals surface area contributed by atoms with E-state index in [1.807, 2.05) is 0 Å². The van der Waals surface area contributed by atoms with Gasteiger partial charge in [-0.05, 0) is 18.2 Å². The van der Waals surface area contributed by atoms with Crippen LogP contribution < -0.4 is 9.47 Å². The molecule has 0 aromatic heterocycles. The van der Waals surface area contributed by atoms with Crippen LogP contribution in [0.4, 0.5) is 0 Å². The number of carbonyl (C=O) groups is 2. The second-order valence-corrected chi connectivity index (χ2v) is 4.31. The van der Waals surface area contributed by atoms with Crippen LogP contribution in [0.3, 0.4) is 0 Å². The van der Waals surface area contributed by atoms with Gasteiger partial charge in [0.2, 0.25) is 0 Å². The average Bonchev–Trinajstić information content (AvgIpc) is 2.53. The Morgan fingerprint density at radius 2 is 2.10 bits per heavy atom. The van der Waals surface area contributed by atoms with Crippen LogP contribution in [0.5, 0.6) is 11.5 Å². The largest absolute Gasteiger partial charge is 0.493 e. The second kappa shape index (κ2) is 6.91. The van der Waals surface area contributed by atoms with Crippen LogP contribution in [0.25, 0.3) is 0 Å². The Morgan fingerprint density at radius 1 is 1.35 bits per heavy atom. The number of nitrogens with zero attached hydrogens (tertiary/aromatic N) is 1. The smallest absolute Gasteiger partial charge is 0.260 e. The number of aldehydes is 1. The molecular weight excluding hydrogens is 262 g/mol. The SMILES string of the molecule is COc1ccc(C=O)cc1OCC(=O)N1CCOCC1. The highest BCUT2D eigenvalue weighted by Gasteiger charge is 2.18. The van der Waals surface area contributed by atoms with Crippen LogP contribution in [0, 0.1) is 0 Å². The summed E-state index contributed by atoms with van der Waals surface area (Å²) in [5, 5.41) is 0. The molecule has 1 aliphatic heterocycles. The normalized spacial score (nSPS) is 14.8. The van der Waals surface area contributed by atoms with E-state index in [9.17, 15) is 9.59 Å². The first kappa shape index (κ1) is 14.3. The molecule has 1 saturated heterocycles. The highest BCUT2D eigenvalue weighted by Crippen LogP contribution is 2.27. The zero-order chi connectivity index (χ0) is 14.4. The first-order valence-corrected chi connectivity index (χ1v) is 6.36. The van der Waals surface area contributed by atoms with E-state index in [4.69, 9.17) is 14.2 Å². The molecule has 108 valence electrons. The summed E-state index contributed by atoms with van der Waals surface area (Å²) in [6.07, 6.45) is 0.718. The van der Waals surface area contributed by atoms with Crippen LogP contribution in [-0.4, -0.2) is 57.1 Å². The zero-order valence-electron chi connectivity index (χ0n) is 11.3. The van der Waals surface area contributed by atoms with Crippen LogP contribution in [0.2, 0.25) is 0 Å². The Balaban J connectivity index is 1.98. The van der Waals surface area contributed by atoms with Crippen LogP contribution in [-0.2, 0) is 9.53 Å². The van der Waals surface area contributed by atoms with Crippen molar-refractivity contribution >= 4 is 12.2 Å². The van der Waals surface area contributed by atoms with Gasteiger partial charge in [-0.2, -0.15) is 0 Å². The number of morpholine rings is 1. The number of carbonyl (C=O) groups excluding carboxylic acids is 2. The third kappa shape index (κ3) is 3.48. The van der Waals surface area contributed by atoms with E-state index >= 15 is 0 Å². The van der Waals surface area contributed by atoms with Crippen molar-refractivity contribution in [3.63, 3.8) is 0 Å². The van der Waals surface area contributed by atoms with Crippen molar-refractivity contribution < 1.29 is 23.8 Å². The Hall–Kier alpha value is -2.08. The number of methoxy groups -OCH3 is 1. The minimum atomic E-state index is -0.105. The number of rotatable bonds is 5. The Bertz CT molecular complexity index is 482. The number of ether oxygens (including phenoxy) is 3. The van der Waals surface area contributed by atoms with Gasteiger partial charge in [-0.1, -0.05) is 0 Å². The molecule has 1 aliphatic rings. The van der Waals surface area contributed by atoms with E-state index in [2.05, 4.69) is 0 Å². The van der Waals surface area contributed by atoms with Gasteiger partial charge >= 0.3 is 0 Å². The summed E-state index contributed by atoms with van der Waals surface area (Å²) in [4.78, 5) is 24.4. The lowest BCUT2D eigenvalue weighted by atomic mass is 10.2. The van der Waals surface area contributed by atoms with Gasteiger partial charge in [-0.3, -0.25) is 9.59 Å². The van der Waals surface area contributed by atoms with Crippen molar-refractivity contribution in [1.82, 2.24) is 4.90 Å². The second-order valence-electron chi connectivity index (χ2n) is 4.31. The Kier molecular flexibility index (Phi) is 4.95. The van der Waals surface area contributed by atoms with E-state index < -0.39 is 0 Å². The number of amides is 1. The molecule has 0 atom stereocenters. The predicted octanol–water partition coefficient (Wildman–Crippen LogP) is 0.745. The maximum absolute atomic E-state index is 12.0. The molecule has 1 heterocycles. The Labute approximate surface area is 117 Å². The highest BCUT2D eigenvalue weighted by molar-refractivity contribution is 5.79. The molecule has 6 nitrogen and oxygen atoms in total. The van der Waals surface area contributed by atoms with Crippen molar-refractivity contribution in [1.29, 1.82) is 0 Å². The summed E-state index contributed by atoms with van der Waals surface area (Å²) in [6.45, 7) is 2.17. The summed E-state index contributed by atoms with van der Waals surface area (Å²) < 4.78 is 15.8. The fraction of sp³-hybridized carbons (Fsp3) is 0.429. The quantitative estimate of drug-likeness (QED) is 0.744. The van der Waals surface area contributed by atoms with Crippen molar-refractivity contribution in [3.8, 4) is 11.5 Å². The molecule has 0 N–H and O–H groups in total. The molecular formula is C14H17NO5. The van der Waals surface area contributed by atoms with Crippen molar-refractivity contribution in [2.45, 2.75) is 0 Å². The Morgan fingerprint density at radius 3 is 2.75 bits per heavy atom. The summed E-state index contributed by atoms with van der Waals surface area (Å²) in [5.41, 5.74) is 0.472. The van der Waals surface area contributed by atoms with Gasteiger partial charge in [0.05, 0.1) is 20.3 Å². The number of benzene rings is 1. The standard InChI is InChI=1S/C14H17NO5/c1-18-12-3-2-11(9-16)8-13(12)20-10-14(17)15-4-6-19-7-5-15/h2-3,8-9H,4-7,10H2,1H3. The maximum atomic E-state index is 12.0. The number of hydrogen-bond acceptors (Lipinski definition) is 5. The minimum absolute atomic E-state index is 0.0847. The molecule has 0 spiro atoms. The van der Waals surface area contributed by atoms with Crippen LogP contribution >= 0.6 is 0 Å². The first-order valence-electron chi connectivity index (χ1n) is 6.36. The molecule has 1 aromatic rings. The van der Waals surface area contributed by atoms with Crippen LogP contribution in [0.1, 0.15) is 10.4 Å². The lowest BCUT2D eigenvalue weighted by Crippen LogP contribution is -2.43.